The lowest BCUT2D eigenvalue weighted by molar-refractivity contribution is 0.137. The summed E-state index contributed by atoms with van der Waals surface area (Å²) < 4.78 is 11.2. The normalized spacial score (nSPS) is 28.3. The van der Waals surface area contributed by atoms with Crippen LogP contribution in [0.3, 0.4) is 0 Å². The Labute approximate surface area is 91.8 Å². The monoisotopic (exact) mass is 211 g/mol. The van der Waals surface area contributed by atoms with E-state index in [0.29, 0.717) is 12.0 Å². The minimum absolute atomic E-state index is 0.373. The van der Waals surface area contributed by atoms with Crippen molar-refractivity contribution in [3.63, 3.8) is 0 Å². The topological polar surface area (TPSA) is 30.5 Å². The van der Waals surface area contributed by atoms with Crippen molar-refractivity contribution in [1.29, 1.82) is 0 Å². The largest absolute Gasteiger partial charge is 0.497 e. The van der Waals surface area contributed by atoms with Crippen LogP contribution >= 0.6 is 0 Å². The summed E-state index contributed by atoms with van der Waals surface area (Å²) in [7, 11) is 0. The summed E-state index contributed by atoms with van der Waals surface area (Å²) in [6.07, 6.45) is 5.71. The van der Waals surface area contributed by atoms with Crippen molar-refractivity contribution in [1.82, 2.24) is 5.32 Å². The van der Waals surface area contributed by atoms with E-state index in [2.05, 4.69) is 18.3 Å². The number of hydrogen-bond acceptors (Lipinski definition) is 3. The van der Waals surface area contributed by atoms with Crippen LogP contribution in [0.5, 0.6) is 0 Å². The molecule has 86 valence electrons. The second-order valence-electron chi connectivity index (χ2n) is 4.26. The van der Waals surface area contributed by atoms with Crippen molar-refractivity contribution in [3.05, 3.63) is 11.8 Å². The minimum Gasteiger partial charge on any atom is -0.497 e. The average Bonchev–Trinajstić information content (AvgIpc) is 2.80. The standard InChI is InChI=1S/C12H21NO2/c1-2-13-12(10-6-8-14-9-10)11-5-3-4-7-15-11/h5,10,12-13H,2-4,6-9H2,1H3. The summed E-state index contributed by atoms with van der Waals surface area (Å²) >= 11 is 0. The van der Waals surface area contributed by atoms with Gasteiger partial charge in [0.25, 0.3) is 0 Å². The maximum Gasteiger partial charge on any atom is 0.109 e. The first kappa shape index (κ1) is 11.0. The molecule has 0 radical (unpaired) electrons. The van der Waals surface area contributed by atoms with Gasteiger partial charge in [-0.3, -0.25) is 0 Å². The molecule has 0 amide bonds. The van der Waals surface area contributed by atoms with E-state index in [4.69, 9.17) is 9.47 Å². The van der Waals surface area contributed by atoms with Crippen LogP contribution in [0.15, 0.2) is 11.8 Å². The van der Waals surface area contributed by atoms with E-state index in [1.807, 2.05) is 0 Å². The molecule has 2 aliphatic heterocycles. The van der Waals surface area contributed by atoms with E-state index < -0.39 is 0 Å². The van der Waals surface area contributed by atoms with Gasteiger partial charge in [-0.1, -0.05) is 6.92 Å². The highest BCUT2D eigenvalue weighted by Crippen LogP contribution is 2.25. The number of allylic oxidation sites excluding steroid dienone is 1. The zero-order valence-corrected chi connectivity index (χ0v) is 9.50. The van der Waals surface area contributed by atoms with Gasteiger partial charge in [0.1, 0.15) is 5.76 Å². The summed E-state index contributed by atoms with van der Waals surface area (Å²) in [6.45, 7) is 5.79. The van der Waals surface area contributed by atoms with E-state index in [1.54, 1.807) is 0 Å². The molecular formula is C12H21NO2. The highest BCUT2D eigenvalue weighted by atomic mass is 16.5. The second-order valence-corrected chi connectivity index (χ2v) is 4.26. The Kier molecular flexibility index (Phi) is 4.03. The summed E-state index contributed by atoms with van der Waals surface area (Å²) in [5.41, 5.74) is 0. The van der Waals surface area contributed by atoms with Gasteiger partial charge in [0.05, 0.1) is 19.3 Å². The van der Waals surface area contributed by atoms with Gasteiger partial charge in [-0.15, -0.1) is 0 Å². The maximum atomic E-state index is 5.75. The molecule has 3 nitrogen and oxygen atoms in total. The number of nitrogens with one attached hydrogen (secondary N) is 1. The Morgan fingerprint density at radius 3 is 3.07 bits per heavy atom. The molecule has 3 heteroatoms. The molecule has 1 fully saturated rings. The van der Waals surface area contributed by atoms with E-state index in [-0.39, 0.29) is 0 Å². The van der Waals surface area contributed by atoms with Crippen LogP contribution in [-0.4, -0.2) is 32.4 Å². The van der Waals surface area contributed by atoms with Crippen molar-refractivity contribution >= 4 is 0 Å². The first-order chi connectivity index (χ1) is 7.42. The Balaban J connectivity index is 2.00. The fourth-order valence-electron chi connectivity index (χ4n) is 2.33. The van der Waals surface area contributed by atoms with Crippen molar-refractivity contribution in [2.24, 2.45) is 5.92 Å². The second kappa shape index (κ2) is 5.52. The van der Waals surface area contributed by atoms with E-state index >= 15 is 0 Å². The first-order valence-electron chi connectivity index (χ1n) is 6.05. The van der Waals surface area contributed by atoms with Crippen LogP contribution in [0, 0.1) is 5.92 Å². The minimum atomic E-state index is 0.373. The molecule has 2 rings (SSSR count). The molecule has 0 aromatic heterocycles. The van der Waals surface area contributed by atoms with Crippen LogP contribution in [-0.2, 0) is 9.47 Å². The van der Waals surface area contributed by atoms with E-state index in [9.17, 15) is 0 Å². The quantitative estimate of drug-likeness (QED) is 0.767. The molecule has 0 spiro atoms. The van der Waals surface area contributed by atoms with Gasteiger partial charge in [-0.2, -0.15) is 0 Å². The summed E-state index contributed by atoms with van der Waals surface area (Å²) in [5.74, 6) is 1.74. The fraction of sp³-hybridized carbons (Fsp3) is 0.833. The molecule has 0 aliphatic carbocycles. The van der Waals surface area contributed by atoms with Crippen LogP contribution in [0.2, 0.25) is 0 Å². The molecule has 0 aromatic rings. The molecule has 1 N–H and O–H groups in total. The fourth-order valence-corrected chi connectivity index (χ4v) is 2.33. The van der Waals surface area contributed by atoms with Crippen LogP contribution < -0.4 is 5.32 Å². The number of ether oxygens (including phenoxy) is 2. The number of likely N-dealkylation sites (N-methyl/N-ethyl adjacent to an activating group) is 1. The van der Waals surface area contributed by atoms with Gasteiger partial charge in [0.15, 0.2) is 0 Å². The van der Waals surface area contributed by atoms with Crippen LogP contribution in [0.4, 0.5) is 0 Å². The zero-order chi connectivity index (χ0) is 10.5. The number of rotatable bonds is 4. The predicted octanol–water partition coefficient (Wildman–Crippen LogP) is 1.70. The third-order valence-electron chi connectivity index (χ3n) is 3.13. The Hall–Kier alpha value is -0.540. The van der Waals surface area contributed by atoms with Crippen LogP contribution in [0.1, 0.15) is 26.2 Å². The van der Waals surface area contributed by atoms with Gasteiger partial charge >= 0.3 is 0 Å². The molecule has 1 saturated heterocycles. The first-order valence-corrected chi connectivity index (χ1v) is 6.05. The van der Waals surface area contributed by atoms with Gasteiger partial charge in [0.2, 0.25) is 0 Å². The molecule has 2 heterocycles. The van der Waals surface area contributed by atoms with Gasteiger partial charge < -0.3 is 14.8 Å². The molecule has 2 aliphatic rings. The molecular weight excluding hydrogens is 190 g/mol. The van der Waals surface area contributed by atoms with Crippen LogP contribution in [0.25, 0.3) is 0 Å². The summed E-state index contributed by atoms with van der Waals surface area (Å²) in [4.78, 5) is 0. The zero-order valence-electron chi connectivity index (χ0n) is 9.50. The van der Waals surface area contributed by atoms with E-state index in [1.165, 1.54) is 0 Å². The van der Waals surface area contributed by atoms with Gasteiger partial charge in [0, 0.05) is 12.5 Å². The Bertz CT molecular complexity index is 222. The van der Waals surface area contributed by atoms with Crippen molar-refractivity contribution in [3.8, 4) is 0 Å². The van der Waals surface area contributed by atoms with Gasteiger partial charge in [-0.25, -0.2) is 0 Å². The predicted molar refractivity (Wildman–Crippen MR) is 59.7 cm³/mol. The molecule has 0 saturated carbocycles. The third kappa shape index (κ3) is 2.73. The smallest absolute Gasteiger partial charge is 0.109 e. The highest BCUT2D eigenvalue weighted by molar-refractivity contribution is 5.08. The lowest BCUT2D eigenvalue weighted by Crippen LogP contribution is -2.39. The Morgan fingerprint density at radius 1 is 1.53 bits per heavy atom. The third-order valence-corrected chi connectivity index (χ3v) is 3.13. The molecule has 2 atom stereocenters. The highest BCUT2D eigenvalue weighted by Gasteiger charge is 2.29. The summed E-state index contributed by atoms with van der Waals surface area (Å²) in [5, 5.41) is 3.52. The Morgan fingerprint density at radius 2 is 2.47 bits per heavy atom. The van der Waals surface area contributed by atoms with Gasteiger partial charge in [-0.05, 0) is 31.9 Å². The summed E-state index contributed by atoms with van der Waals surface area (Å²) in [6, 6.07) is 0.373. The maximum absolute atomic E-state index is 5.75. The molecule has 15 heavy (non-hydrogen) atoms. The molecule has 0 bridgehead atoms. The molecule has 2 unspecified atom stereocenters. The lowest BCUT2D eigenvalue weighted by Gasteiger charge is -2.28. The lowest BCUT2D eigenvalue weighted by atomic mass is 9.95. The van der Waals surface area contributed by atoms with Crippen molar-refractivity contribution in [2.75, 3.05) is 26.4 Å². The molecule has 0 aromatic carbocycles. The number of hydrogen-bond donors (Lipinski definition) is 1. The van der Waals surface area contributed by atoms with Crippen molar-refractivity contribution < 1.29 is 9.47 Å². The average molecular weight is 211 g/mol. The van der Waals surface area contributed by atoms with E-state index in [0.717, 1.165) is 51.4 Å². The van der Waals surface area contributed by atoms with Crippen molar-refractivity contribution in [2.45, 2.75) is 32.2 Å². The SMILES string of the molecule is CCNC(C1=CCCCO1)C1CCOC1.